The average Bonchev–Trinajstić information content (AvgIpc) is 2.46. The first-order chi connectivity index (χ1) is 9.67. The van der Waals surface area contributed by atoms with E-state index in [1.165, 1.54) is 11.1 Å². The number of rotatable bonds is 7. The molecule has 0 unspecified atom stereocenters. The zero-order chi connectivity index (χ0) is 14.8. The van der Waals surface area contributed by atoms with Crippen LogP contribution in [0.1, 0.15) is 31.9 Å². The SMILES string of the molecule is CCOCc1ccccc1CNC(=NC)NCC(C)C.I. The van der Waals surface area contributed by atoms with Gasteiger partial charge in [0.15, 0.2) is 5.96 Å². The molecular formula is C16H28IN3O. The van der Waals surface area contributed by atoms with E-state index in [4.69, 9.17) is 4.74 Å². The molecule has 0 spiro atoms. The zero-order valence-corrected chi connectivity index (χ0v) is 15.8. The van der Waals surface area contributed by atoms with Crippen molar-refractivity contribution >= 4 is 29.9 Å². The molecule has 0 aliphatic heterocycles. The lowest BCUT2D eigenvalue weighted by Crippen LogP contribution is -2.38. The van der Waals surface area contributed by atoms with E-state index in [0.29, 0.717) is 12.5 Å². The van der Waals surface area contributed by atoms with Crippen molar-refractivity contribution in [1.29, 1.82) is 0 Å². The molecule has 0 aliphatic rings. The summed E-state index contributed by atoms with van der Waals surface area (Å²) < 4.78 is 5.50. The van der Waals surface area contributed by atoms with Crippen LogP contribution < -0.4 is 10.6 Å². The number of nitrogens with one attached hydrogen (secondary N) is 2. The van der Waals surface area contributed by atoms with Gasteiger partial charge in [0.25, 0.3) is 0 Å². The van der Waals surface area contributed by atoms with E-state index in [-0.39, 0.29) is 24.0 Å². The normalized spacial score (nSPS) is 11.2. The maximum atomic E-state index is 5.50. The van der Waals surface area contributed by atoms with Gasteiger partial charge >= 0.3 is 0 Å². The minimum atomic E-state index is 0. The van der Waals surface area contributed by atoms with Crippen molar-refractivity contribution in [3.8, 4) is 0 Å². The number of halogens is 1. The van der Waals surface area contributed by atoms with Gasteiger partial charge in [0.1, 0.15) is 0 Å². The Morgan fingerprint density at radius 3 is 2.43 bits per heavy atom. The molecule has 5 heteroatoms. The third-order valence-corrected chi connectivity index (χ3v) is 2.93. The molecule has 0 aromatic heterocycles. The number of guanidine groups is 1. The smallest absolute Gasteiger partial charge is 0.191 e. The minimum absolute atomic E-state index is 0. The van der Waals surface area contributed by atoms with Crippen LogP contribution in [0.25, 0.3) is 0 Å². The van der Waals surface area contributed by atoms with Gasteiger partial charge in [0.2, 0.25) is 0 Å². The molecule has 0 bridgehead atoms. The quantitative estimate of drug-likeness (QED) is 0.416. The zero-order valence-electron chi connectivity index (χ0n) is 13.5. The van der Waals surface area contributed by atoms with Crippen molar-refractivity contribution in [3.05, 3.63) is 35.4 Å². The van der Waals surface area contributed by atoms with E-state index in [0.717, 1.165) is 25.7 Å². The van der Waals surface area contributed by atoms with Gasteiger partial charge in [-0.25, -0.2) is 0 Å². The highest BCUT2D eigenvalue weighted by Gasteiger charge is 2.04. The minimum Gasteiger partial charge on any atom is -0.377 e. The maximum Gasteiger partial charge on any atom is 0.191 e. The van der Waals surface area contributed by atoms with E-state index >= 15 is 0 Å². The number of ether oxygens (including phenoxy) is 1. The van der Waals surface area contributed by atoms with Gasteiger partial charge in [-0.2, -0.15) is 0 Å². The molecule has 0 saturated heterocycles. The molecule has 0 heterocycles. The van der Waals surface area contributed by atoms with Crippen molar-refractivity contribution in [3.63, 3.8) is 0 Å². The Bertz CT molecular complexity index is 422. The van der Waals surface area contributed by atoms with E-state index in [1.807, 2.05) is 13.0 Å². The van der Waals surface area contributed by atoms with Crippen LogP contribution in [0.15, 0.2) is 29.3 Å². The topological polar surface area (TPSA) is 45.6 Å². The number of hydrogen-bond acceptors (Lipinski definition) is 2. The van der Waals surface area contributed by atoms with Crippen molar-refractivity contribution in [2.24, 2.45) is 10.9 Å². The second kappa shape index (κ2) is 11.8. The van der Waals surface area contributed by atoms with Crippen molar-refractivity contribution in [2.45, 2.75) is 33.9 Å². The summed E-state index contributed by atoms with van der Waals surface area (Å²) in [5.74, 6) is 1.43. The average molecular weight is 405 g/mol. The molecule has 0 radical (unpaired) electrons. The Morgan fingerprint density at radius 1 is 1.19 bits per heavy atom. The highest BCUT2D eigenvalue weighted by atomic mass is 127. The number of benzene rings is 1. The fourth-order valence-corrected chi connectivity index (χ4v) is 1.78. The van der Waals surface area contributed by atoms with Crippen LogP contribution in [-0.4, -0.2) is 26.2 Å². The van der Waals surface area contributed by atoms with Gasteiger partial charge in [0, 0.05) is 26.7 Å². The summed E-state index contributed by atoms with van der Waals surface area (Å²) in [6, 6.07) is 8.33. The predicted molar refractivity (Wildman–Crippen MR) is 100 cm³/mol. The van der Waals surface area contributed by atoms with Crippen molar-refractivity contribution in [2.75, 3.05) is 20.2 Å². The van der Waals surface area contributed by atoms with E-state index in [9.17, 15) is 0 Å². The Hall–Kier alpha value is -0.820. The Morgan fingerprint density at radius 2 is 1.86 bits per heavy atom. The standard InChI is InChI=1S/C16H27N3O.HI/c1-5-20-12-15-9-7-6-8-14(15)11-19-16(17-4)18-10-13(2)3;/h6-9,13H,5,10-12H2,1-4H3,(H2,17,18,19);1H. The predicted octanol–water partition coefficient (Wildman–Crippen LogP) is 3.16. The first-order valence-electron chi connectivity index (χ1n) is 7.26. The number of hydrogen-bond donors (Lipinski definition) is 2. The molecule has 0 saturated carbocycles. The first-order valence-corrected chi connectivity index (χ1v) is 7.26. The van der Waals surface area contributed by atoms with Gasteiger partial charge in [-0.3, -0.25) is 4.99 Å². The van der Waals surface area contributed by atoms with Crippen LogP contribution in [0.2, 0.25) is 0 Å². The van der Waals surface area contributed by atoms with Crippen LogP contribution in [-0.2, 0) is 17.9 Å². The summed E-state index contributed by atoms with van der Waals surface area (Å²) in [5, 5.41) is 6.65. The molecule has 0 amide bonds. The summed E-state index contributed by atoms with van der Waals surface area (Å²) in [6.07, 6.45) is 0. The molecular weight excluding hydrogens is 377 g/mol. The Labute approximate surface area is 145 Å². The monoisotopic (exact) mass is 405 g/mol. The Kier molecular flexibility index (Phi) is 11.3. The summed E-state index contributed by atoms with van der Waals surface area (Å²) in [7, 11) is 1.79. The van der Waals surface area contributed by atoms with Crippen LogP contribution in [0.5, 0.6) is 0 Å². The first kappa shape index (κ1) is 20.2. The van der Waals surface area contributed by atoms with Crippen LogP contribution in [0.3, 0.4) is 0 Å². The molecule has 120 valence electrons. The Balaban J connectivity index is 0.00000400. The number of nitrogens with zero attached hydrogens (tertiary/aromatic N) is 1. The number of aliphatic imine (C=N–C) groups is 1. The molecule has 2 N–H and O–H groups in total. The lowest BCUT2D eigenvalue weighted by Gasteiger charge is -2.15. The van der Waals surface area contributed by atoms with E-state index in [1.54, 1.807) is 7.05 Å². The molecule has 0 aliphatic carbocycles. The molecule has 0 fully saturated rings. The summed E-state index contributed by atoms with van der Waals surface area (Å²) in [5.41, 5.74) is 2.47. The van der Waals surface area contributed by atoms with Crippen LogP contribution in [0, 0.1) is 5.92 Å². The van der Waals surface area contributed by atoms with Gasteiger partial charge in [0.05, 0.1) is 6.61 Å². The van der Waals surface area contributed by atoms with E-state index < -0.39 is 0 Å². The van der Waals surface area contributed by atoms with Crippen LogP contribution in [0.4, 0.5) is 0 Å². The van der Waals surface area contributed by atoms with Gasteiger partial charge in [-0.15, -0.1) is 24.0 Å². The molecule has 0 atom stereocenters. The van der Waals surface area contributed by atoms with Crippen LogP contribution >= 0.6 is 24.0 Å². The van der Waals surface area contributed by atoms with E-state index in [2.05, 4.69) is 47.7 Å². The third kappa shape index (κ3) is 8.26. The van der Waals surface area contributed by atoms with Gasteiger partial charge < -0.3 is 15.4 Å². The molecule has 1 aromatic carbocycles. The third-order valence-electron chi connectivity index (χ3n) is 2.93. The van der Waals surface area contributed by atoms with Gasteiger partial charge in [-0.05, 0) is 24.0 Å². The molecule has 1 rings (SSSR count). The second-order valence-corrected chi connectivity index (χ2v) is 5.11. The van der Waals surface area contributed by atoms with Crippen molar-refractivity contribution < 1.29 is 4.74 Å². The molecule has 1 aromatic rings. The molecule has 4 nitrogen and oxygen atoms in total. The fraction of sp³-hybridized carbons (Fsp3) is 0.562. The highest BCUT2D eigenvalue weighted by molar-refractivity contribution is 14.0. The maximum absolute atomic E-state index is 5.50. The lowest BCUT2D eigenvalue weighted by molar-refractivity contribution is 0.133. The lowest BCUT2D eigenvalue weighted by atomic mass is 10.1. The van der Waals surface area contributed by atoms with Gasteiger partial charge in [-0.1, -0.05) is 38.1 Å². The summed E-state index contributed by atoms with van der Waals surface area (Å²) in [6.45, 7) is 9.43. The van der Waals surface area contributed by atoms with Crippen molar-refractivity contribution in [1.82, 2.24) is 10.6 Å². The molecule has 21 heavy (non-hydrogen) atoms. The fourth-order valence-electron chi connectivity index (χ4n) is 1.78. The summed E-state index contributed by atoms with van der Waals surface area (Å²) in [4.78, 5) is 4.23. The summed E-state index contributed by atoms with van der Waals surface area (Å²) >= 11 is 0. The second-order valence-electron chi connectivity index (χ2n) is 5.11. The highest BCUT2D eigenvalue weighted by Crippen LogP contribution is 2.09. The largest absolute Gasteiger partial charge is 0.377 e.